The van der Waals surface area contributed by atoms with Crippen molar-refractivity contribution in [2.75, 3.05) is 13.1 Å². The summed E-state index contributed by atoms with van der Waals surface area (Å²) in [5, 5.41) is 4.12. The molecule has 1 aliphatic rings. The lowest BCUT2D eigenvalue weighted by atomic mass is 9.95. The molecule has 2 rings (SSSR count). The number of rotatable bonds is 5. The molecule has 0 saturated heterocycles. The number of carbonyl (C=O) groups excluding carboxylic acids is 2. The molecule has 0 radical (unpaired) electrons. The van der Waals surface area contributed by atoms with E-state index >= 15 is 0 Å². The number of carbonyl (C=O) groups is 2. The number of aryl methyl sites for hydroxylation is 1. The van der Waals surface area contributed by atoms with Crippen LogP contribution in [0.2, 0.25) is 0 Å². The third-order valence-electron chi connectivity index (χ3n) is 4.56. The van der Waals surface area contributed by atoms with E-state index in [2.05, 4.69) is 9.88 Å². The van der Waals surface area contributed by atoms with Gasteiger partial charge in [-0.2, -0.15) is 13.2 Å². The van der Waals surface area contributed by atoms with Gasteiger partial charge in [0.15, 0.2) is 0 Å². The zero-order chi connectivity index (χ0) is 18.6. The summed E-state index contributed by atoms with van der Waals surface area (Å²) in [6, 6.07) is 2.15. The Hall–Kier alpha value is -1.99. The highest BCUT2D eigenvalue weighted by atomic mass is 19.4. The summed E-state index contributed by atoms with van der Waals surface area (Å²) in [4.78, 5) is 23.7. The number of nitrogens with zero attached hydrogens (tertiary/aromatic N) is 1. The predicted octanol–water partition coefficient (Wildman–Crippen LogP) is 3.02. The first-order chi connectivity index (χ1) is 11.7. The Kier molecular flexibility index (Phi) is 6.13. The quantitative estimate of drug-likeness (QED) is 0.849. The van der Waals surface area contributed by atoms with Crippen LogP contribution in [0.1, 0.15) is 59.9 Å². The predicted molar refractivity (Wildman–Crippen MR) is 87.4 cm³/mol. The fourth-order valence-electron chi connectivity index (χ4n) is 3.43. The van der Waals surface area contributed by atoms with Gasteiger partial charge in [-0.15, -0.1) is 0 Å². The van der Waals surface area contributed by atoms with Crippen molar-refractivity contribution >= 4 is 11.8 Å². The SMILES string of the molecule is Cc1cc(C(=O)NCC(=O)NCC(F)(F)F)c(C)n1C1CCCCC1. The maximum Gasteiger partial charge on any atom is 0.405 e. The third-order valence-corrected chi connectivity index (χ3v) is 4.56. The summed E-state index contributed by atoms with van der Waals surface area (Å²) in [6.07, 6.45) is 1.26. The van der Waals surface area contributed by atoms with Crippen LogP contribution in [0.15, 0.2) is 6.07 Å². The maximum absolute atomic E-state index is 12.3. The first-order valence-corrected chi connectivity index (χ1v) is 8.49. The first kappa shape index (κ1) is 19.3. The lowest BCUT2D eigenvalue weighted by Gasteiger charge is -2.26. The standard InChI is InChI=1S/C17H24F3N3O2/c1-11-8-14(12(2)23(11)13-6-4-3-5-7-13)16(25)21-9-15(24)22-10-17(18,19)20/h8,13H,3-7,9-10H2,1-2H3,(H,21,25)(H,22,24). The van der Waals surface area contributed by atoms with Gasteiger partial charge in [0.2, 0.25) is 5.91 Å². The van der Waals surface area contributed by atoms with Crippen molar-refractivity contribution in [2.45, 2.75) is 58.2 Å². The van der Waals surface area contributed by atoms with Gasteiger partial charge in [0, 0.05) is 17.4 Å². The van der Waals surface area contributed by atoms with Gasteiger partial charge >= 0.3 is 6.18 Å². The number of alkyl halides is 3. The van der Waals surface area contributed by atoms with E-state index in [1.165, 1.54) is 19.3 Å². The van der Waals surface area contributed by atoms with E-state index in [4.69, 9.17) is 0 Å². The van der Waals surface area contributed by atoms with Gasteiger partial charge in [-0.25, -0.2) is 0 Å². The fraction of sp³-hybridized carbons (Fsp3) is 0.647. The van der Waals surface area contributed by atoms with E-state index in [1.807, 2.05) is 13.8 Å². The molecule has 1 saturated carbocycles. The second-order valence-corrected chi connectivity index (χ2v) is 6.52. The number of hydrogen-bond donors (Lipinski definition) is 2. The monoisotopic (exact) mass is 359 g/mol. The zero-order valence-corrected chi connectivity index (χ0v) is 14.5. The average molecular weight is 359 g/mol. The second kappa shape index (κ2) is 7.93. The lowest BCUT2D eigenvalue weighted by molar-refractivity contribution is -0.137. The summed E-state index contributed by atoms with van der Waals surface area (Å²) in [6.45, 7) is 1.91. The molecule has 25 heavy (non-hydrogen) atoms. The Morgan fingerprint density at radius 2 is 1.80 bits per heavy atom. The summed E-state index contributed by atoms with van der Waals surface area (Å²) >= 11 is 0. The number of nitrogens with one attached hydrogen (secondary N) is 2. The minimum atomic E-state index is -4.47. The third kappa shape index (κ3) is 5.24. The first-order valence-electron chi connectivity index (χ1n) is 8.49. The smallest absolute Gasteiger partial charge is 0.345 e. The molecular formula is C17H24F3N3O2. The highest BCUT2D eigenvalue weighted by Gasteiger charge is 2.28. The van der Waals surface area contributed by atoms with Gasteiger partial charge in [-0.3, -0.25) is 9.59 Å². The van der Waals surface area contributed by atoms with Crippen LogP contribution in [0.3, 0.4) is 0 Å². The van der Waals surface area contributed by atoms with Crippen LogP contribution in [0.4, 0.5) is 13.2 Å². The molecule has 0 aliphatic heterocycles. The molecule has 0 unspecified atom stereocenters. The molecular weight excluding hydrogens is 335 g/mol. The molecule has 140 valence electrons. The minimum absolute atomic E-state index is 0.380. The number of halogens is 3. The molecule has 2 amide bonds. The summed E-state index contributed by atoms with van der Waals surface area (Å²) in [5.41, 5.74) is 2.28. The minimum Gasteiger partial charge on any atom is -0.345 e. The van der Waals surface area contributed by atoms with Gasteiger partial charge in [0.25, 0.3) is 5.91 Å². The van der Waals surface area contributed by atoms with Crippen molar-refractivity contribution in [3.63, 3.8) is 0 Å². The van der Waals surface area contributed by atoms with Gasteiger partial charge in [0.1, 0.15) is 6.54 Å². The Morgan fingerprint density at radius 3 is 2.40 bits per heavy atom. The number of hydrogen-bond acceptors (Lipinski definition) is 2. The normalized spacial score (nSPS) is 15.9. The van der Waals surface area contributed by atoms with Crippen molar-refractivity contribution in [2.24, 2.45) is 0 Å². The fourth-order valence-corrected chi connectivity index (χ4v) is 3.43. The molecule has 1 heterocycles. The van der Waals surface area contributed by atoms with Gasteiger partial charge in [-0.05, 0) is 32.8 Å². The van der Waals surface area contributed by atoms with Crippen LogP contribution in [-0.2, 0) is 4.79 Å². The summed E-state index contributed by atoms with van der Waals surface area (Å²) in [5.74, 6) is -1.32. The van der Waals surface area contributed by atoms with Crippen LogP contribution in [0, 0.1) is 13.8 Å². The van der Waals surface area contributed by atoms with Crippen molar-refractivity contribution in [1.29, 1.82) is 0 Å². The van der Waals surface area contributed by atoms with Crippen LogP contribution in [0.5, 0.6) is 0 Å². The second-order valence-electron chi connectivity index (χ2n) is 6.52. The Bertz CT molecular complexity index is 632. The van der Waals surface area contributed by atoms with Crippen LogP contribution in [0.25, 0.3) is 0 Å². The van der Waals surface area contributed by atoms with Gasteiger partial charge in [0.05, 0.1) is 12.1 Å². The lowest BCUT2D eigenvalue weighted by Crippen LogP contribution is -2.41. The highest BCUT2D eigenvalue weighted by molar-refractivity contribution is 5.97. The van der Waals surface area contributed by atoms with E-state index in [-0.39, 0.29) is 0 Å². The van der Waals surface area contributed by atoms with Crippen molar-refractivity contribution in [1.82, 2.24) is 15.2 Å². The van der Waals surface area contributed by atoms with E-state index < -0.39 is 31.1 Å². The maximum atomic E-state index is 12.3. The van der Waals surface area contributed by atoms with Crippen LogP contribution < -0.4 is 10.6 Å². The molecule has 1 aromatic heterocycles. The molecule has 0 aromatic carbocycles. The van der Waals surface area contributed by atoms with Crippen LogP contribution >= 0.6 is 0 Å². The zero-order valence-electron chi connectivity index (χ0n) is 14.5. The van der Waals surface area contributed by atoms with Crippen molar-refractivity contribution < 1.29 is 22.8 Å². The Morgan fingerprint density at radius 1 is 1.16 bits per heavy atom. The van der Waals surface area contributed by atoms with Crippen LogP contribution in [-0.4, -0.2) is 35.6 Å². The molecule has 0 bridgehead atoms. The van der Waals surface area contributed by atoms with E-state index in [9.17, 15) is 22.8 Å². The Labute approximate surface area is 145 Å². The summed E-state index contributed by atoms with van der Waals surface area (Å²) in [7, 11) is 0. The van der Waals surface area contributed by atoms with Gasteiger partial charge in [-0.1, -0.05) is 19.3 Å². The van der Waals surface area contributed by atoms with E-state index in [1.54, 1.807) is 11.4 Å². The molecule has 2 N–H and O–H groups in total. The number of aromatic nitrogens is 1. The largest absolute Gasteiger partial charge is 0.405 e. The van der Waals surface area contributed by atoms with Gasteiger partial charge < -0.3 is 15.2 Å². The average Bonchev–Trinajstić information content (AvgIpc) is 2.85. The molecule has 1 fully saturated rings. The summed E-state index contributed by atoms with van der Waals surface area (Å²) < 4.78 is 38.3. The molecule has 5 nitrogen and oxygen atoms in total. The Balaban J connectivity index is 1.97. The number of amides is 2. The molecule has 8 heteroatoms. The molecule has 0 spiro atoms. The van der Waals surface area contributed by atoms with Crippen molar-refractivity contribution in [3.05, 3.63) is 23.0 Å². The highest BCUT2D eigenvalue weighted by Crippen LogP contribution is 2.32. The molecule has 1 aliphatic carbocycles. The molecule has 0 atom stereocenters. The topological polar surface area (TPSA) is 63.1 Å². The van der Waals surface area contributed by atoms with Crippen molar-refractivity contribution in [3.8, 4) is 0 Å². The molecule has 1 aromatic rings. The van der Waals surface area contributed by atoms with E-state index in [0.717, 1.165) is 24.2 Å². The van der Waals surface area contributed by atoms with E-state index in [0.29, 0.717) is 11.6 Å².